The average Bonchev–Trinajstić information content (AvgIpc) is 2.73. The van der Waals surface area contributed by atoms with E-state index in [2.05, 4.69) is 19.9 Å². The van der Waals surface area contributed by atoms with E-state index in [1.165, 1.54) is 6.33 Å². The van der Waals surface area contributed by atoms with Gasteiger partial charge in [0, 0.05) is 43.9 Å². The molecule has 0 N–H and O–H groups in total. The molecule has 0 aliphatic carbocycles. The molecule has 2 saturated heterocycles. The van der Waals surface area contributed by atoms with E-state index in [-0.39, 0.29) is 17.2 Å². The standard InChI is InChI=1S/C21H26N6O2/c1-15-8-24-17(9-23-15)11-27-13-21(6-4-19(27)28)5-3-7-26(12-21)20(29)18-10-22-14-25-16(18)2/h8-10,14H,3-7,11-13H2,1-2H3/t21-/m1/s1. The molecule has 0 radical (unpaired) electrons. The number of nitrogens with zero attached hydrogens (tertiary/aromatic N) is 6. The van der Waals surface area contributed by atoms with Gasteiger partial charge in [-0.25, -0.2) is 9.97 Å². The van der Waals surface area contributed by atoms with Crippen molar-refractivity contribution in [1.29, 1.82) is 0 Å². The molecule has 4 heterocycles. The van der Waals surface area contributed by atoms with Crippen molar-refractivity contribution in [1.82, 2.24) is 29.7 Å². The first-order chi connectivity index (χ1) is 14.0. The monoisotopic (exact) mass is 394 g/mol. The first kappa shape index (κ1) is 19.4. The molecule has 2 aliphatic heterocycles. The number of amides is 2. The molecule has 2 aromatic rings. The Labute approximate surface area is 170 Å². The van der Waals surface area contributed by atoms with Crippen molar-refractivity contribution in [2.75, 3.05) is 19.6 Å². The summed E-state index contributed by atoms with van der Waals surface area (Å²) in [6.45, 7) is 6.22. The lowest BCUT2D eigenvalue weighted by Gasteiger charge is -2.48. The summed E-state index contributed by atoms with van der Waals surface area (Å²) in [5, 5.41) is 0. The van der Waals surface area contributed by atoms with Gasteiger partial charge in [-0.3, -0.25) is 19.6 Å². The Morgan fingerprint density at radius 1 is 1.10 bits per heavy atom. The fourth-order valence-corrected chi connectivity index (χ4v) is 4.43. The lowest BCUT2D eigenvalue weighted by Crippen LogP contribution is -2.55. The minimum atomic E-state index is -0.0660. The minimum Gasteiger partial charge on any atom is -0.338 e. The summed E-state index contributed by atoms with van der Waals surface area (Å²) >= 11 is 0. The smallest absolute Gasteiger partial charge is 0.257 e. The highest BCUT2D eigenvalue weighted by molar-refractivity contribution is 5.95. The lowest BCUT2D eigenvalue weighted by atomic mass is 9.73. The molecule has 29 heavy (non-hydrogen) atoms. The second-order valence-electron chi connectivity index (χ2n) is 8.25. The average molecular weight is 394 g/mol. The first-order valence-corrected chi connectivity index (χ1v) is 10.1. The number of aryl methyl sites for hydroxylation is 2. The number of carbonyl (C=O) groups is 2. The summed E-state index contributed by atoms with van der Waals surface area (Å²) in [6.07, 6.45) is 9.80. The second kappa shape index (κ2) is 7.85. The minimum absolute atomic E-state index is 0.0185. The maximum atomic E-state index is 13.1. The van der Waals surface area contributed by atoms with E-state index < -0.39 is 0 Å². The van der Waals surface area contributed by atoms with Crippen LogP contribution in [-0.4, -0.2) is 61.2 Å². The van der Waals surface area contributed by atoms with Gasteiger partial charge >= 0.3 is 0 Å². The lowest BCUT2D eigenvalue weighted by molar-refractivity contribution is -0.139. The normalized spacial score (nSPS) is 22.2. The number of aromatic nitrogens is 4. The van der Waals surface area contributed by atoms with Crippen molar-refractivity contribution < 1.29 is 9.59 Å². The van der Waals surface area contributed by atoms with Crippen LogP contribution < -0.4 is 0 Å². The molecular formula is C21H26N6O2. The predicted octanol–water partition coefficient (Wildman–Crippen LogP) is 1.93. The predicted molar refractivity (Wildman–Crippen MR) is 106 cm³/mol. The quantitative estimate of drug-likeness (QED) is 0.790. The van der Waals surface area contributed by atoms with Crippen molar-refractivity contribution in [3.63, 3.8) is 0 Å². The Balaban J connectivity index is 1.49. The molecule has 2 aromatic heterocycles. The van der Waals surface area contributed by atoms with Gasteiger partial charge in [0.2, 0.25) is 5.91 Å². The fraction of sp³-hybridized carbons (Fsp3) is 0.524. The maximum Gasteiger partial charge on any atom is 0.257 e. The van der Waals surface area contributed by atoms with E-state index in [0.717, 1.165) is 37.2 Å². The van der Waals surface area contributed by atoms with Crippen LogP contribution in [0.1, 0.15) is 53.1 Å². The summed E-state index contributed by atoms with van der Waals surface area (Å²) in [6, 6.07) is 0. The molecule has 0 aromatic carbocycles. The number of rotatable bonds is 3. The molecule has 8 heteroatoms. The van der Waals surface area contributed by atoms with Crippen molar-refractivity contribution in [3.8, 4) is 0 Å². The Morgan fingerprint density at radius 2 is 1.97 bits per heavy atom. The van der Waals surface area contributed by atoms with Crippen LogP contribution >= 0.6 is 0 Å². The molecule has 8 nitrogen and oxygen atoms in total. The topological polar surface area (TPSA) is 92.2 Å². The van der Waals surface area contributed by atoms with E-state index in [9.17, 15) is 9.59 Å². The van der Waals surface area contributed by atoms with E-state index in [1.54, 1.807) is 18.6 Å². The largest absolute Gasteiger partial charge is 0.338 e. The third kappa shape index (κ3) is 4.11. The summed E-state index contributed by atoms with van der Waals surface area (Å²) < 4.78 is 0. The highest BCUT2D eigenvalue weighted by Crippen LogP contribution is 2.39. The van der Waals surface area contributed by atoms with Gasteiger partial charge in [-0.05, 0) is 33.1 Å². The van der Waals surface area contributed by atoms with E-state index in [1.807, 2.05) is 23.6 Å². The summed E-state index contributed by atoms with van der Waals surface area (Å²) in [5.74, 6) is 0.129. The zero-order valence-corrected chi connectivity index (χ0v) is 17.0. The summed E-state index contributed by atoms with van der Waals surface area (Å²) in [5.41, 5.74) is 2.84. The van der Waals surface area contributed by atoms with Gasteiger partial charge in [-0.15, -0.1) is 0 Å². The Kier molecular flexibility index (Phi) is 5.25. The highest BCUT2D eigenvalue weighted by atomic mass is 16.2. The number of piperidine rings is 2. The zero-order chi connectivity index (χ0) is 20.4. The Hall–Kier alpha value is -2.90. The molecule has 0 saturated carbocycles. The molecule has 1 atom stereocenters. The van der Waals surface area contributed by atoms with Crippen molar-refractivity contribution >= 4 is 11.8 Å². The molecule has 2 amide bonds. The maximum absolute atomic E-state index is 13.1. The summed E-state index contributed by atoms with van der Waals surface area (Å²) in [7, 11) is 0. The van der Waals surface area contributed by atoms with E-state index >= 15 is 0 Å². The molecule has 2 fully saturated rings. The van der Waals surface area contributed by atoms with E-state index in [0.29, 0.717) is 37.3 Å². The summed E-state index contributed by atoms with van der Waals surface area (Å²) in [4.78, 5) is 46.3. The van der Waals surface area contributed by atoms with Crippen LogP contribution in [0.5, 0.6) is 0 Å². The van der Waals surface area contributed by atoms with Crippen molar-refractivity contribution in [2.45, 2.75) is 46.1 Å². The first-order valence-electron chi connectivity index (χ1n) is 10.1. The fourth-order valence-electron chi connectivity index (χ4n) is 4.43. The molecule has 0 bridgehead atoms. The van der Waals surface area contributed by atoms with Gasteiger partial charge in [0.05, 0.1) is 35.4 Å². The molecular weight excluding hydrogens is 368 g/mol. The van der Waals surface area contributed by atoms with Crippen LogP contribution in [0.25, 0.3) is 0 Å². The third-order valence-electron chi connectivity index (χ3n) is 6.03. The van der Waals surface area contributed by atoms with Crippen LogP contribution in [0.2, 0.25) is 0 Å². The van der Waals surface area contributed by atoms with Gasteiger partial charge in [-0.1, -0.05) is 0 Å². The zero-order valence-electron chi connectivity index (χ0n) is 17.0. The van der Waals surface area contributed by atoms with Gasteiger partial charge in [-0.2, -0.15) is 0 Å². The van der Waals surface area contributed by atoms with E-state index in [4.69, 9.17) is 0 Å². The third-order valence-corrected chi connectivity index (χ3v) is 6.03. The van der Waals surface area contributed by atoms with Crippen LogP contribution in [-0.2, 0) is 11.3 Å². The van der Waals surface area contributed by atoms with Crippen LogP contribution in [0.15, 0.2) is 24.9 Å². The number of likely N-dealkylation sites (tertiary alicyclic amines) is 2. The molecule has 152 valence electrons. The number of hydrogen-bond acceptors (Lipinski definition) is 6. The van der Waals surface area contributed by atoms with Crippen LogP contribution in [0.3, 0.4) is 0 Å². The molecule has 4 rings (SSSR count). The van der Waals surface area contributed by atoms with Crippen molar-refractivity contribution in [2.24, 2.45) is 5.41 Å². The highest BCUT2D eigenvalue weighted by Gasteiger charge is 2.43. The Bertz CT molecular complexity index is 916. The number of carbonyl (C=O) groups excluding carboxylic acids is 2. The number of hydrogen-bond donors (Lipinski definition) is 0. The van der Waals surface area contributed by atoms with Crippen LogP contribution in [0, 0.1) is 19.3 Å². The second-order valence-corrected chi connectivity index (χ2v) is 8.25. The Morgan fingerprint density at radius 3 is 2.72 bits per heavy atom. The molecule has 0 unspecified atom stereocenters. The van der Waals surface area contributed by atoms with Gasteiger partial charge in [0.25, 0.3) is 5.91 Å². The van der Waals surface area contributed by atoms with Gasteiger partial charge < -0.3 is 9.80 Å². The van der Waals surface area contributed by atoms with Crippen molar-refractivity contribution in [3.05, 3.63) is 47.6 Å². The SMILES string of the molecule is Cc1cnc(CN2C[C@]3(CCCN(C(=O)c4cncnc4C)C3)CCC2=O)cn1. The molecule has 1 spiro atoms. The van der Waals surface area contributed by atoms with Gasteiger partial charge in [0.1, 0.15) is 6.33 Å². The van der Waals surface area contributed by atoms with Gasteiger partial charge in [0.15, 0.2) is 0 Å². The molecule has 2 aliphatic rings. The van der Waals surface area contributed by atoms with Crippen LogP contribution in [0.4, 0.5) is 0 Å².